The molecular weight excluding hydrogens is 210 g/mol. The van der Waals surface area contributed by atoms with Crippen molar-refractivity contribution < 1.29 is 0 Å². The molecular formula is C14H31N3. The predicted octanol–water partition coefficient (Wildman–Crippen LogP) is 1.79. The summed E-state index contributed by atoms with van der Waals surface area (Å²) in [6, 6.07) is 0. The summed E-state index contributed by atoms with van der Waals surface area (Å²) in [5.74, 6) is 0. The normalized spacial score (nSPS) is 21.9. The van der Waals surface area contributed by atoms with Crippen molar-refractivity contribution in [3.63, 3.8) is 0 Å². The zero-order chi connectivity index (χ0) is 12.7. The van der Waals surface area contributed by atoms with Crippen molar-refractivity contribution in [3.8, 4) is 0 Å². The zero-order valence-corrected chi connectivity index (χ0v) is 12.3. The van der Waals surface area contributed by atoms with Gasteiger partial charge in [0.25, 0.3) is 0 Å². The van der Waals surface area contributed by atoms with Gasteiger partial charge in [0.2, 0.25) is 0 Å². The quantitative estimate of drug-likeness (QED) is 0.686. The lowest BCUT2D eigenvalue weighted by Gasteiger charge is -2.45. The van der Waals surface area contributed by atoms with Crippen molar-refractivity contribution in [2.45, 2.75) is 45.6 Å². The van der Waals surface area contributed by atoms with E-state index in [1.165, 1.54) is 52.0 Å². The highest BCUT2D eigenvalue weighted by Gasteiger charge is 2.30. The molecule has 0 unspecified atom stereocenters. The molecule has 0 aromatic carbocycles. The van der Waals surface area contributed by atoms with Crippen LogP contribution in [0.15, 0.2) is 0 Å². The maximum absolute atomic E-state index is 3.39. The molecule has 102 valence electrons. The molecule has 0 atom stereocenters. The minimum atomic E-state index is 0.349. The molecule has 0 spiro atoms. The third-order valence-electron chi connectivity index (χ3n) is 3.97. The van der Waals surface area contributed by atoms with Crippen molar-refractivity contribution in [1.82, 2.24) is 15.1 Å². The van der Waals surface area contributed by atoms with Crippen LogP contribution in [0.3, 0.4) is 0 Å². The maximum atomic E-state index is 3.39. The standard InChI is InChI=1S/C14H31N3/c1-5-15-9-7-6-8-10-17-12-11-16(4)14(2,3)13-17/h15H,5-13H2,1-4H3. The van der Waals surface area contributed by atoms with Gasteiger partial charge in [-0.1, -0.05) is 13.3 Å². The Hall–Kier alpha value is -0.120. The molecule has 0 aromatic rings. The number of rotatable bonds is 7. The minimum absolute atomic E-state index is 0.349. The van der Waals surface area contributed by atoms with E-state index >= 15 is 0 Å². The smallest absolute Gasteiger partial charge is 0.0277 e. The first-order valence-corrected chi connectivity index (χ1v) is 7.20. The molecule has 1 heterocycles. The van der Waals surface area contributed by atoms with Crippen LogP contribution < -0.4 is 5.32 Å². The molecule has 0 amide bonds. The summed E-state index contributed by atoms with van der Waals surface area (Å²) >= 11 is 0. The van der Waals surface area contributed by atoms with Crippen LogP contribution in [0.4, 0.5) is 0 Å². The molecule has 1 fully saturated rings. The van der Waals surface area contributed by atoms with E-state index in [9.17, 15) is 0 Å². The molecule has 3 nitrogen and oxygen atoms in total. The summed E-state index contributed by atoms with van der Waals surface area (Å²) in [6.07, 6.45) is 4.04. The van der Waals surface area contributed by atoms with Crippen LogP contribution >= 0.6 is 0 Å². The van der Waals surface area contributed by atoms with Gasteiger partial charge in [-0.15, -0.1) is 0 Å². The first-order valence-electron chi connectivity index (χ1n) is 7.20. The molecule has 1 aliphatic rings. The second-order valence-electron chi connectivity index (χ2n) is 5.92. The van der Waals surface area contributed by atoms with Gasteiger partial charge in [-0.3, -0.25) is 4.90 Å². The number of likely N-dealkylation sites (N-methyl/N-ethyl adjacent to an activating group) is 1. The van der Waals surface area contributed by atoms with Crippen molar-refractivity contribution in [2.75, 3.05) is 46.3 Å². The Kier molecular flexibility index (Phi) is 6.45. The first-order chi connectivity index (χ1) is 8.06. The lowest BCUT2D eigenvalue weighted by molar-refractivity contribution is 0.0393. The second-order valence-corrected chi connectivity index (χ2v) is 5.92. The monoisotopic (exact) mass is 241 g/mol. The van der Waals surface area contributed by atoms with Crippen LogP contribution in [-0.4, -0.2) is 61.7 Å². The fourth-order valence-electron chi connectivity index (χ4n) is 2.47. The number of nitrogens with one attached hydrogen (secondary N) is 1. The summed E-state index contributed by atoms with van der Waals surface area (Å²) in [6.45, 7) is 14.1. The third-order valence-corrected chi connectivity index (χ3v) is 3.97. The van der Waals surface area contributed by atoms with E-state index in [1.54, 1.807) is 0 Å². The SMILES string of the molecule is CCNCCCCCN1CCN(C)C(C)(C)C1. The van der Waals surface area contributed by atoms with Gasteiger partial charge in [-0.2, -0.15) is 0 Å². The van der Waals surface area contributed by atoms with E-state index in [2.05, 4.69) is 42.9 Å². The van der Waals surface area contributed by atoms with E-state index in [-0.39, 0.29) is 0 Å². The van der Waals surface area contributed by atoms with Crippen molar-refractivity contribution in [1.29, 1.82) is 0 Å². The van der Waals surface area contributed by atoms with E-state index in [4.69, 9.17) is 0 Å². The molecule has 1 aliphatic heterocycles. The maximum Gasteiger partial charge on any atom is 0.0277 e. The Morgan fingerprint density at radius 1 is 1.12 bits per heavy atom. The minimum Gasteiger partial charge on any atom is -0.317 e. The molecule has 0 radical (unpaired) electrons. The molecule has 0 saturated carbocycles. The van der Waals surface area contributed by atoms with Crippen LogP contribution in [0.5, 0.6) is 0 Å². The molecule has 1 N–H and O–H groups in total. The summed E-state index contributed by atoms with van der Waals surface area (Å²) < 4.78 is 0. The highest BCUT2D eigenvalue weighted by molar-refractivity contribution is 4.87. The fraction of sp³-hybridized carbons (Fsp3) is 1.00. The Balaban J connectivity index is 2.08. The Morgan fingerprint density at radius 2 is 1.88 bits per heavy atom. The van der Waals surface area contributed by atoms with E-state index in [0.717, 1.165) is 6.54 Å². The third kappa shape index (κ3) is 5.36. The Morgan fingerprint density at radius 3 is 2.53 bits per heavy atom. The highest BCUT2D eigenvalue weighted by atomic mass is 15.3. The van der Waals surface area contributed by atoms with Crippen molar-refractivity contribution in [3.05, 3.63) is 0 Å². The van der Waals surface area contributed by atoms with Crippen LogP contribution in [0.25, 0.3) is 0 Å². The van der Waals surface area contributed by atoms with Crippen LogP contribution in [0.1, 0.15) is 40.0 Å². The van der Waals surface area contributed by atoms with Gasteiger partial charge in [-0.25, -0.2) is 0 Å². The van der Waals surface area contributed by atoms with Gasteiger partial charge >= 0.3 is 0 Å². The van der Waals surface area contributed by atoms with Gasteiger partial charge in [-0.05, 0) is 53.4 Å². The lowest BCUT2D eigenvalue weighted by Crippen LogP contribution is -2.57. The Bertz CT molecular complexity index is 204. The second kappa shape index (κ2) is 7.34. The average molecular weight is 241 g/mol. The van der Waals surface area contributed by atoms with Crippen LogP contribution in [-0.2, 0) is 0 Å². The zero-order valence-electron chi connectivity index (χ0n) is 12.3. The molecule has 1 saturated heterocycles. The molecule has 3 heteroatoms. The van der Waals surface area contributed by atoms with E-state index in [0.29, 0.717) is 5.54 Å². The van der Waals surface area contributed by atoms with Crippen LogP contribution in [0.2, 0.25) is 0 Å². The van der Waals surface area contributed by atoms with Gasteiger partial charge < -0.3 is 10.2 Å². The summed E-state index contributed by atoms with van der Waals surface area (Å²) in [7, 11) is 2.24. The topological polar surface area (TPSA) is 18.5 Å². The van der Waals surface area contributed by atoms with E-state index < -0.39 is 0 Å². The largest absolute Gasteiger partial charge is 0.317 e. The first kappa shape index (κ1) is 14.9. The lowest BCUT2D eigenvalue weighted by atomic mass is 9.99. The molecule has 0 aromatic heterocycles. The summed E-state index contributed by atoms with van der Waals surface area (Å²) in [5, 5.41) is 3.39. The number of hydrogen-bond donors (Lipinski definition) is 1. The number of piperazine rings is 1. The van der Waals surface area contributed by atoms with Gasteiger partial charge in [0.1, 0.15) is 0 Å². The van der Waals surface area contributed by atoms with Gasteiger partial charge in [0.15, 0.2) is 0 Å². The number of nitrogens with zero attached hydrogens (tertiary/aromatic N) is 2. The fourth-order valence-corrected chi connectivity index (χ4v) is 2.47. The average Bonchev–Trinajstić information content (AvgIpc) is 2.28. The molecule has 17 heavy (non-hydrogen) atoms. The van der Waals surface area contributed by atoms with Crippen molar-refractivity contribution >= 4 is 0 Å². The summed E-state index contributed by atoms with van der Waals surface area (Å²) in [4.78, 5) is 5.11. The van der Waals surface area contributed by atoms with E-state index in [1.807, 2.05) is 0 Å². The Labute approximate surface area is 108 Å². The summed E-state index contributed by atoms with van der Waals surface area (Å²) in [5.41, 5.74) is 0.349. The molecule has 0 bridgehead atoms. The van der Waals surface area contributed by atoms with Gasteiger partial charge in [0.05, 0.1) is 0 Å². The highest BCUT2D eigenvalue weighted by Crippen LogP contribution is 2.18. The van der Waals surface area contributed by atoms with Crippen LogP contribution in [0, 0.1) is 0 Å². The number of hydrogen-bond acceptors (Lipinski definition) is 3. The molecule has 1 rings (SSSR count). The van der Waals surface area contributed by atoms with Gasteiger partial charge in [0, 0.05) is 25.2 Å². The predicted molar refractivity (Wildman–Crippen MR) is 75.5 cm³/mol. The van der Waals surface area contributed by atoms with Crippen molar-refractivity contribution in [2.24, 2.45) is 0 Å². The number of unbranched alkanes of at least 4 members (excludes halogenated alkanes) is 2. The molecule has 0 aliphatic carbocycles.